The number of nitrogens with two attached hydrogens (primary N) is 2. The second-order valence-corrected chi connectivity index (χ2v) is 12.1. The van der Waals surface area contributed by atoms with Gasteiger partial charge in [-0.1, -0.05) is 78.3 Å². The molecule has 3 atom stereocenters. The number of carbonyl (C=O) groups excluding carboxylic acids is 4. The van der Waals surface area contributed by atoms with Crippen molar-refractivity contribution >= 4 is 51.7 Å². The fourth-order valence-corrected chi connectivity index (χ4v) is 6.35. The van der Waals surface area contributed by atoms with Crippen LogP contribution in [0, 0.1) is 0 Å². The molecule has 1 unspecified atom stereocenters. The number of hydrogen-bond acceptors (Lipinski definition) is 5. The summed E-state index contributed by atoms with van der Waals surface area (Å²) in [6, 6.07) is 25.4. The van der Waals surface area contributed by atoms with Crippen LogP contribution in [0.1, 0.15) is 42.5 Å². The average Bonchev–Trinajstić information content (AvgIpc) is 3.16. The van der Waals surface area contributed by atoms with Crippen LogP contribution >= 0.6 is 11.6 Å². The number of primary amides is 1. The largest absolute Gasteiger partial charge is 0.368 e. The number of nitrogens with zero attached hydrogens (tertiary/aromatic N) is 2. The quantitative estimate of drug-likeness (QED) is 0.233. The van der Waals surface area contributed by atoms with Crippen molar-refractivity contribution in [1.82, 2.24) is 9.80 Å². The lowest BCUT2D eigenvalue weighted by atomic mass is 9.96. The number of carbonyl (C=O) groups is 4. The Labute approximate surface area is 273 Å². The van der Waals surface area contributed by atoms with Gasteiger partial charge in [0.15, 0.2) is 0 Å². The minimum absolute atomic E-state index is 0.0287. The molecular formula is C36H38ClN5O4. The molecule has 4 amide bonds. The smallest absolute Gasteiger partial charge is 0.250 e. The van der Waals surface area contributed by atoms with Crippen LogP contribution in [-0.4, -0.2) is 58.6 Å². The second kappa shape index (κ2) is 14.6. The Morgan fingerprint density at radius 1 is 0.978 bits per heavy atom. The second-order valence-electron chi connectivity index (χ2n) is 11.6. The van der Waals surface area contributed by atoms with Gasteiger partial charge in [0.25, 0.3) is 5.91 Å². The van der Waals surface area contributed by atoms with Crippen molar-refractivity contribution in [3.8, 4) is 0 Å². The minimum atomic E-state index is -1.02. The van der Waals surface area contributed by atoms with E-state index in [1.165, 1.54) is 4.90 Å². The molecule has 10 heteroatoms. The van der Waals surface area contributed by atoms with E-state index in [0.29, 0.717) is 22.7 Å². The summed E-state index contributed by atoms with van der Waals surface area (Å²) in [4.78, 5) is 56.8. The van der Waals surface area contributed by atoms with Gasteiger partial charge in [-0.05, 0) is 65.1 Å². The Kier molecular flexibility index (Phi) is 10.3. The molecule has 1 fully saturated rings. The van der Waals surface area contributed by atoms with Gasteiger partial charge in [0.2, 0.25) is 17.7 Å². The third-order valence-corrected chi connectivity index (χ3v) is 8.71. The standard InChI is InChI=1S/C36H38ClN5O4/c1-23-17-19-41(31(35(39)45)22-26-8-4-7-25-6-2-3-11-30(25)26)36(46)34(27-9-5-10-28(37)21-27)42(23)33(44)20-24-12-14-29(15-13-24)40-32(43)16-18-38/h2-15,21,23,31,34H,16-20,22,38H2,1H3,(H2,39,45)(H,40,43)/t23-,31?,34+/m1/s1. The first-order valence-electron chi connectivity index (χ1n) is 15.4. The summed E-state index contributed by atoms with van der Waals surface area (Å²) < 4.78 is 0. The molecule has 5 rings (SSSR count). The van der Waals surface area contributed by atoms with Gasteiger partial charge in [-0.25, -0.2) is 0 Å². The predicted molar refractivity (Wildman–Crippen MR) is 180 cm³/mol. The first-order valence-corrected chi connectivity index (χ1v) is 15.8. The van der Waals surface area contributed by atoms with Crippen LogP contribution in [0.25, 0.3) is 10.8 Å². The van der Waals surface area contributed by atoms with Gasteiger partial charge in [0, 0.05) is 42.7 Å². The summed E-state index contributed by atoms with van der Waals surface area (Å²) in [5.41, 5.74) is 14.2. The lowest BCUT2D eigenvalue weighted by Crippen LogP contribution is -2.52. The molecule has 0 saturated carbocycles. The molecular weight excluding hydrogens is 602 g/mol. The van der Waals surface area contributed by atoms with Crippen LogP contribution in [0.4, 0.5) is 5.69 Å². The van der Waals surface area contributed by atoms with Gasteiger partial charge in [-0.3, -0.25) is 19.2 Å². The summed E-state index contributed by atoms with van der Waals surface area (Å²) in [6.45, 7) is 2.41. The molecule has 1 aliphatic heterocycles. The van der Waals surface area contributed by atoms with Crippen LogP contribution < -0.4 is 16.8 Å². The van der Waals surface area contributed by atoms with E-state index in [1.807, 2.05) is 49.4 Å². The van der Waals surface area contributed by atoms with Gasteiger partial charge in [-0.15, -0.1) is 0 Å². The molecule has 1 saturated heterocycles. The van der Waals surface area contributed by atoms with E-state index in [4.69, 9.17) is 23.1 Å². The Morgan fingerprint density at radius 2 is 1.70 bits per heavy atom. The molecule has 1 aliphatic rings. The van der Waals surface area contributed by atoms with Crippen LogP contribution in [0.5, 0.6) is 0 Å². The zero-order valence-electron chi connectivity index (χ0n) is 25.7. The molecule has 0 bridgehead atoms. The summed E-state index contributed by atoms with van der Waals surface area (Å²) >= 11 is 6.39. The Bertz CT molecular complexity index is 1740. The first-order chi connectivity index (χ1) is 22.2. The van der Waals surface area contributed by atoms with E-state index < -0.39 is 18.0 Å². The zero-order chi connectivity index (χ0) is 32.8. The van der Waals surface area contributed by atoms with E-state index in [1.54, 1.807) is 53.4 Å². The monoisotopic (exact) mass is 639 g/mol. The van der Waals surface area contributed by atoms with Gasteiger partial charge in [0.1, 0.15) is 12.1 Å². The van der Waals surface area contributed by atoms with Crippen molar-refractivity contribution in [3.63, 3.8) is 0 Å². The highest BCUT2D eigenvalue weighted by atomic mass is 35.5. The first kappa shape index (κ1) is 32.7. The van der Waals surface area contributed by atoms with Crippen molar-refractivity contribution in [3.05, 3.63) is 113 Å². The van der Waals surface area contributed by atoms with Crippen molar-refractivity contribution in [2.24, 2.45) is 11.5 Å². The molecule has 1 heterocycles. The lowest BCUT2D eigenvalue weighted by Gasteiger charge is -2.36. The molecule has 0 aromatic heterocycles. The van der Waals surface area contributed by atoms with Gasteiger partial charge in [0.05, 0.1) is 6.42 Å². The highest BCUT2D eigenvalue weighted by Crippen LogP contribution is 2.33. The molecule has 0 aliphatic carbocycles. The number of amides is 4. The fraction of sp³-hybridized carbons (Fsp3) is 0.278. The summed E-state index contributed by atoms with van der Waals surface area (Å²) in [7, 11) is 0. The van der Waals surface area contributed by atoms with Crippen molar-refractivity contribution in [2.75, 3.05) is 18.4 Å². The van der Waals surface area contributed by atoms with Gasteiger partial charge in [-0.2, -0.15) is 0 Å². The number of rotatable bonds is 10. The molecule has 46 heavy (non-hydrogen) atoms. The number of anilines is 1. The fourth-order valence-electron chi connectivity index (χ4n) is 6.15. The van der Waals surface area contributed by atoms with E-state index in [2.05, 4.69) is 5.32 Å². The van der Waals surface area contributed by atoms with Crippen molar-refractivity contribution < 1.29 is 19.2 Å². The van der Waals surface area contributed by atoms with E-state index in [-0.39, 0.29) is 56.1 Å². The Balaban J connectivity index is 1.46. The molecule has 9 nitrogen and oxygen atoms in total. The lowest BCUT2D eigenvalue weighted by molar-refractivity contribution is -0.148. The molecule has 238 valence electrons. The van der Waals surface area contributed by atoms with E-state index >= 15 is 0 Å². The molecule has 0 radical (unpaired) electrons. The SMILES string of the molecule is C[C@@H]1CCN(C(Cc2cccc3ccccc23)C(N)=O)C(=O)[C@H](c2cccc(Cl)c2)N1C(=O)Cc1ccc(NC(=O)CCN)cc1. The van der Waals surface area contributed by atoms with Crippen LogP contribution in [0.3, 0.4) is 0 Å². The minimum Gasteiger partial charge on any atom is -0.368 e. The number of halogens is 1. The highest BCUT2D eigenvalue weighted by Gasteiger charge is 2.43. The van der Waals surface area contributed by atoms with Gasteiger partial charge < -0.3 is 26.6 Å². The average molecular weight is 640 g/mol. The maximum atomic E-state index is 14.6. The topological polar surface area (TPSA) is 139 Å². The highest BCUT2D eigenvalue weighted by molar-refractivity contribution is 6.30. The number of hydrogen-bond donors (Lipinski definition) is 3. The number of fused-ring (bicyclic) bond motifs is 1. The molecule has 4 aromatic rings. The van der Waals surface area contributed by atoms with E-state index in [0.717, 1.165) is 21.9 Å². The van der Waals surface area contributed by atoms with Crippen LogP contribution in [-0.2, 0) is 32.0 Å². The molecule has 5 N–H and O–H groups in total. The predicted octanol–water partition coefficient (Wildman–Crippen LogP) is 4.61. The normalized spacial score (nSPS) is 17.4. The number of benzene rings is 4. The Morgan fingerprint density at radius 3 is 2.41 bits per heavy atom. The maximum Gasteiger partial charge on any atom is 0.250 e. The zero-order valence-corrected chi connectivity index (χ0v) is 26.5. The summed E-state index contributed by atoms with van der Waals surface area (Å²) in [6.07, 6.45) is 0.920. The van der Waals surface area contributed by atoms with Crippen molar-refractivity contribution in [2.45, 2.75) is 50.7 Å². The third-order valence-electron chi connectivity index (χ3n) is 8.47. The van der Waals surface area contributed by atoms with Crippen LogP contribution in [0.2, 0.25) is 5.02 Å². The van der Waals surface area contributed by atoms with Crippen molar-refractivity contribution in [1.29, 1.82) is 0 Å². The Hall–Kier alpha value is -4.73. The van der Waals surface area contributed by atoms with Crippen LogP contribution in [0.15, 0.2) is 91.0 Å². The molecule has 0 spiro atoms. The molecule has 4 aromatic carbocycles. The summed E-state index contributed by atoms with van der Waals surface area (Å²) in [5, 5.41) is 5.22. The maximum absolute atomic E-state index is 14.6. The number of nitrogens with one attached hydrogen (secondary N) is 1. The summed E-state index contributed by atoms with van der Waals surface area (Å²) in [5.74, 6) is -1.44. The van der Waals surface area contributed by atoms with E-state index in [9.17, 15) is 19.2 Å². The van der Waals surface area contributed by atoms with Gasteiger partial charge >= 0.3 is 0 Å². The third kappa shape index (κ3) is 7.38.